The van der Waals surface area contributed by atoms with E-state index >= 15 is 0 Å². The third kappa shape index (κ3) is 3.45. The van der Waals surface area contributed by atoms with Crippen LogP contribution in [0, 0.1) is 5.41 Å². The Hall–Kier alpha value is -2.92. The quantitative estimate of drug-likeness (QED) is 0.448. The van der Waals surface area contributed by atoms with Gasteiger partial charge in [0.05, 0.1) is 25.9 Å². The minimum atomic E-state index is -1.46. The van der Waals surface area contributed by atoms with E-state index in [9.17, 15) is 9.59 Å². The van der Waals surface area contributed by atoms with E-state index in [2.05, 4.69) is 6.58 Å². The molecule has 28 heavy (non-hydrogen) atoms. The van der Waals surface area contributed by atoms with Gasteiger partial charge >= 0.3 is 5.97 Å². The summed E-state index contributed by atoms with van der Waals surface area (Å²) in [6.07, 6.45) is -1.17. The average Bonchev–Trinajstić information content (AvgIpc) is 2.74. The molecular weight excluding hydrogens is 354 g/mol. The molecule has 1 fully saturated rings. The SMILES string of the molecule is C=C1C(=O)[C@](C)(C(=O)OC)C(CN(c2ccccc2)c2ccccc2)O[C@H]1C. The van der Waals surface area contributed by atoms with Crippen molar-refractivity contribution in [3.8, 4) is 0 Å². The summed E-state index contributed by atoms with van der Waals surface area (Å²) in [6, 6.07) is 19.6. The maximum absolute atomic E-state index is 13.0. The number of carbonyl (C=O) groups is 2. The van der Waals surface area contributed by atoms with Crippen molar-refractivity contribution in [2.45, 2.75) is 26.1 Å². The van der Waals surface area contributed by atoms with Gasteiger partial charge < -0.3 is 14.4 Å². The van der Waals surface area contributed by atoms with E-state index in [1.165, 1.54) is 7.11 Å². The lowest BCUT2D eigenvalue weighted by atomic mass is 9.73. The van der Waals surface area contributed by atoms with Crippen LogP contribution >= 0.6 is 0 Å². The number of anilines is 2. The Morgan fingerprint density at radius 2 is 1.61 bits per heavy atom. The second-order valence-electron chi connectivity index (χ2n) is 7.10. The Bertz CT molecular complexity index is 825. The van der Waals surface area contributed by atoms with Crippen LogP contribution in [0.5, 0.6) is 0 Å². The molecule has 1 saturated heterocycles. The number of esters is 1. The Morgan fingerprint density at radius 1 is 1.11 bits per heavy atom. The van der Waals surface area contributed by atoms with Crippen LogP contribution in [0.2, 0.25) is 0 Å². The molecule has 0 N–H and O–H groups in total. The van der Waals surface area contributed by atoms with Crippen LogP contribution in [0.3, 0.4) is 0 Å². The van der Waals surface area contributed by atoms with Gasteiger partial charge in [-0.05, 0) is 38.1 Å². The summed E-state index contributed by atoms with van der Waals surface area (Å²) in [6.45, 7) is 7.49. The van der Waals surface area contributed by atoms with E-state index in [0.717, 1.165) is 11.4 Å². The number of hydrogen-bond donors (Lipinski definition) is 0. The van der Waals surface area contributed by atoms with Gasteiger partial charge in [0.15, 0.2) is 11.2 Å². The van der Waals surface area contributed by atoms with Crippen molar-refractivity contribution >= 4 is 23.1 Å². The molecule has 5 heteroatoms. The highest BCUT2D eigenvalue weighted by Gasteiger charge is 2.55. The van der Waals surface area contributed by atoms with Crippen molar-refractivity contribution in [3.05, 3.63) is 72.8 Å². The molecule has 0 amide bonds. The van der Waals surface area contributed by atoms with Crippen LogP contribution in [-0.4, -0.2) is 37.6 Å². The lowest BCUT2D eigenvalue weighted by Gasteiger charge is -2.43. The van der Waals surface area contributed by atoms with Gasteiger partial charge in [0.1, 0.15) is 0 Å². The van der Waals surface area contributed by atoms with E-state index in [1.807, 2.05) is 65.6 Å². The van der Waals surface area contributed by atoms with Crippen molar-refractivity contribution in [2.75, 3.05) is 18.6 Å². The molecule has 1 unspecified atom stereocenters. The first kappa shape index (κ1) is 19.8. The zero-order chi connectivity index (χ0) is 20.3. The largest absolute Gasteiger partial charge is 0.468 e. The van der Waals surface area contributed by atoms with Gasteiger partial charge in [0.2, 0.25) is 0 Å². The molecule has 0 aliphatic carbocycles. The minimum absolute atomic E-state index is 0.287. The molecule has 0 radical (unpaired) electrons. The first-order valence-electron chi connectivity index (χ1n) is 9.24. The first-order chi connectivity index (χ1) is 13.4. The zero-order valence-electron chi connectivity index (χ0n) is 16.4. The average molecular weight is 379 g/mol. The van der Waals surface area contributed by atoms with Gasteiger partial charge in [-0.25, -0.2) is 0 Å². The van der Waals surface area contributed by atoms with E-state index in [0.29, 0.717) is 6.54 Å². The molecule has 1 heterocycles. The maximum Gasteiger partial charge on any atom is 0.322 e. The minimum Gasteiger partial charge on any atom is -0.468 e. The number of hydrogen-bond acceptors (Lipinski definition) is 5. The van der Waals surface area contributed by atoms with E-state index in [4.69, 9.17) is 9.47 Å². The number of para-hydroxylation sites is 2. The molecule has 146 valence electrons. The highest BCUT2D eigenvalue weighted by Crippen LogP contribution is 2.39. The highest BCUT2D eigenvalue weighted by atomic mass is 16.5. The van der Waals surface area contributed by atoms with Crippen LogP contribution in [0.4, 0.5) is 11.4 Å². The van der Waals surface area contributed by atoms with E-state index in [-0.39, 0.29) is 11.4 Å². The predicted molar refractivity (Wildman–Crippen MR) is 108 cm³/mol. The second-order valence-corrected chi connectivity index (χ2v) is 7.10. The topological polar surface area (TPSA) is 55.8 Å². The number of carbonyl (C=O) groups excluding carboxylic acids is 2. The van der Waals surface area contributed by atoms with Gasteiger partial charge in [-0.2, -0.15) is 0 Å². The third-order valence-electron chi connectivity index (χ3n) is 5.36. The number of methoxy groups -OCH3 is 1. The van der Waals surface area contributed by atoms with Gasteiger partial charge in [-0.15, -0.1) is 0 Å². The fourth-order valence-corrected chi connectivity index (χ4v) is 3.53. The zero-order valence-corrected chi connectivity index (χ0v) is 16.4. The lowest BCUT2D eigenvalue weighted by molar-refractivity contribution is -0.173. The van der Waals surface area contributed by atoms with E-state index in [1.54, 1.807) is 13.8 Å². The molecule has 2 aromatic carbocycles. The summed E-state index contributed by atoms with van der Waals surface area (Å²) in [4.78, 5) is 27.7. The highest BCUT2D eigenvalue weighted by molar-refractivity contribution is 6.13. The molecule has 0 spiro atoms. The van der Waals surface area contributed by atoms with Crippen LogP contribution in [-0.2, 0) is 19.1 Å². The Kier molecular flexibility index (Phi) is 5.66. The van der Waals surface area contributed by atoms with Crippen molar-refractivity contribution in [3.63, 3.8) is 0 Å². The van der Waals surface area contributed by atoms with Crippen molar-refractivity contribution < 1.29 is 19.1 Å². The number of ketones is 1. The van der Waals surface area contributed by atoms with E-state index < -0.39 is 23.6 Å². The number of nitrogens with zero attached hydrogens (tertiary/aromatic N) is 1. The van der Waals surface area contributed by atoms with Crippen LogP contribution in [0.25, 0.3) is 0 Å². The van der Waals surface area contributed by atoms with Crippen LogP contribution < -0.4 is 4.90 Å². The standard InChI is InChI=1S/C23H25NO4/c1-16-17(2)28-20(23(3,21(16)25)22(26)27-4)15-24(18-11-7-5-8-12-18)19-13-9-6-10-14-19/h5-14,17,20H,1,15H2,2-4H3/t17-,20?,23+/m0/s1. The Labute approximate surface area is 165 Å². The smallest absolute Gasteiger partial charge is 0.322 e. The predicted octanol–water partition coefficient (Wildman–Crippen LogP) is 3.92. The molecule has 3 atom stereocenters. The monoisotopic (exact) mass is 379 g/mol. The Balaban J connectivity index is 2.04. The summed E-state index contributed by atoms with van der Waals surface area (Å²) in [5.41, 5.74) is 0.707. The van der Waals surface area contributed by atoms with Gasteiger partial charge in [0.25, 0.3) is 0 Å². The second kappa shape index (κ2) is 7.98. The normalized spacial score (nSPS) is 24.7. The molecule has 1 aliphatic heterocycles. The molecule has 0 bridgehead atoms. The summed E-state index contributed by atoms with van der Waals surface area (Å²) >= 11 is 0. The fourth-order valence-electron chi connectivity index (χ4n) is 3.53. The summed E-state index contributed by atoms with van der Waals surface area (Å²) in [7, 11) is 1.28. The number of benzene rings is 2. The van der Waals surface area contributed by atoms with Crippen LogP contribution in [0.1, 0.15) is 13.8 Å². The third-order valence-corrected chi connectivity index (χ3v) is 5.36. The maximum atomic E-state index is 13.0. The summed E-state index contributed by atoms with van der Waals surface area (Å²) in [5.74, 6) is -0.944. The number of rotatable bonds is 5. The van der Waals surface area contributed by atoms with Crippen molar-refractivity contribution in [1.82, 2.24) is 0 Å². The fraction of sp³-hybridized carbons (Fsp3) is 0.304. The molecule has 2 aromatic rings. The molecule has 5 nitrogen and oxygen atoms in total. The van der Waals surface area contributed by atoms with Crippen LogP contribution in [0.15, 0.2) is 72.8 Å². The number of ether oxygens (including phenoxy) is 2. The first-order valence-corrected chi connectivity index (χ1v) is 9.24. The Morgan fingerprint density at radius 3 is 2.07 bits per heavy atom. The van der Waals surface area contributed by atoms with Gasteiger partial charge in [-0.3, -0.25) is 9.59 Å². The van der Waals surface area contributed by atoms with Crippen molar-refractivity contribution in [2.24, 2.45) is 5.41 Å². The molecule has 0 aromatic heterocycles. The summed E-state index contributed by atoms with van der Waals surface area (Å²) in [5, 5.41) is 0. The molecule has 0 saturated carbocycles. The van der Waals surface area contributed by atoms with Gasteiger partial charge in [-0.1, -0.05) is 43.0 Å². The lowest BCUT2D eigenvalue weighted by Crippen LogP contribution is -2.58. The van der Waals surface area contributed by atoms with Gasteiger partial charge in [0, 0.05) is 16.9 Å². The van der Waals surface area contributed by atoms with Crippen molar-refractivity contribution in [1.29, 1.82) is 0 Å². The summed E-state index contributed by atoms with van der Waals surface area (Å²) < 4.78 is 11.1. The molecular formula is C23H25NO4. The molecule has 3 rings (SSSR count). The number of Topliss-reactive ketones (excluding diaryl/α,β-unsaturated/α-hetero) is 1. The molecule has 1 aliphatic rings.